The summed E-state index contributed by atoms with van der Waals surface area (Å²) in [5.74, 6) is -0.0679. The van der Waals surface area contributed by atoms with E-state index in [4.69, 9.17) is 4.74 Å². The van der Waals surface area contributed by atoms with Gasteiger partial charge < -0.3 is 20.3 Å². The predicted molar refractivity (Wildman–Crippen MR) is 370 cm³/mol. The van der Waals surface area contributed by atoms with Crippen molar-refractivity contribution in [2.75, 3.05) is 13.2 Å². The predicted octanol–water partition coefficient (Wildman–Crippen LogP) is 24.6. The van der Waals surface area contributed by atoms with Gasteiger partial charge in [0.05, 0.1) is 25.4 Å². The molecule has 0 aliphatic rings. The van der Waals surface area contributed by atoms with E-state index < -0.39 is 12.1 Å². The molecule has 2 unspecified atom stereocenters. The summed E-state index contributed by atoms with van der Waals surface area (Å²) in [7, 11) is 0. The van der Waals surface area contributed by atoms with Gasteiger partial charge >= 0.3 is 5.97 Å². The molecule has 1 amide bonds. The molecule has 492 valence electrons. The van der Waals surface area contributed by atoms with E-state index in [1.54, 1.807) is 6.08 Å². The molecule has 0 saturated heterocycles. The Morgan fingerprint density at radius 2 is 0.595 bits per heavy atom. The van der Waals surface area contributed by atoms with Crippen molar-refractivity contribution >= 4 is 11.9 Å². The molecule has 0 spiro atoms. The van der Waals surface area contributed by atoms with E-state index in [-0.39, 0.29) is 18.5 Å². The SMILES string of the molecule is CCCCC/C=C\C/C=C\CCCCCCCC(=O)OCCCCCCCCCCC/C=C\C/C=C\CCCCCCCCCCCCCCCC(=O)NC(CO)C(O)/C=C/CCCCCCCCCCCCCCCCCCCCCCC. The summed E-state index contributed by atoms with van der Waals surface area (Å²) in [4.78, 5) is 24.6. The van der Waals surface area contributed by atoms with Crippen molar-refractivity contribution in [2.24, 2.45) is 0 Å². The maximum absolute atomic E-state index is 12.5. The molecule has 0 aliphatic carbocycles. The molecule has 0 heterocycles. The first kappa shape index (κ1) is 81.6. The molecule has 84 heavy (non-hydrogen) atoms. The minimum Gasteiger partial charge on any atom is -0.466 e. The smallest absolute Gasteiger partial charge is 0.305 e. The lowest BCUT2D eigenvalue weighted by atomic mass is 10.0. The van der Waals surface area contributed by atoms with Gasteiger partial charge in [0.1, 0.15) is 0 Å². The lowest BCUT2D eigenvalue weighted by Crippen LogP contribution is -2.45. The fraction of sp³-hybridized carbons (Fsp3) is 0.846. The quantitative estimate of drug-likeness (QED) is 0.0320. The average Bonchev–Trinajstić information content (AvgIpc) is 3.51. The number of carbonyl (C=O) groups is 2. The third-order valence-corrected chi connectivity index (χ3v) is 17.3. The third kappa shape index (κ3) is 68.7. The van der Waals surface area contributed by atoms with E-state index in [1.165, 1.54) is 315 Å². The van der Waals surface area contributed by atoms with E-state index in [9.17, 15) is 19.8 Å². The number of allylic oxidation sites excluding steroid dienone is 9. The zero-order chi connectivity index (χ0) is 60.6. The number of esters is 1. The van der Waals surface area contributed by atoms with Gasteiger partial charge in [-0.2, -0.15) is 0 Å². The van der Waals surface area contributed by atoms with Crippen LogP contribution in [0.4, 0.5) is 0 Å². The van der Waals surface area contributed by atoms with Crippen molar-refractivity contribution in [3.63, 3.8) is 0 Å². The lowest BCUT2D eigenvalue weighted by Gasteiger charge is -2.20. The molecule has 3 N–H and O–H groups in total. The molecule has 0 fully saturated rings. The Morgan fingerprint density at radius 1 is 0.333 bits per heavy atom. The molecule has 0 saturated carbocycles. The van der Waals surface area contributed by atoms with Crippen LogP contribution in [0.5, 0.6) is 0 Å². The molecule has 6 heteroatoms. The van der Waals surface area contributed by atoms with Crippen LogP contribution in [-0.4, -0.2) is 47.4 Å². The van der Waals surface area contributed by atoms with Gasteiger partial charge in [-0.1, -0.05) is 351 Å². The molecule has 0 aliphatic heterocycles. The highest BCUT2D eigenvalue weighted by Crippen LogP contribution is 2.18. The zero-order valence-corrected chi connectivity index (χ0v) is 56.4. The second-order valence-corrected chi connectivity index (χ2v) is 25.6. The van der Waals surface area contributed by atoms with Crippen molar-refractivity contribution < 1.29 is 24.5 Å². The number of aliphatic hydroxyl groups excluding tert-OH is 2. The van der Waals surface area contributed by atoms with E-state index in [0.717, 1.165) is 57.8 Å². The van der Waals surface area contributed by atoms with Crippen LogP contribution in [0.3, 0.4) is 0 Å². The molecule has 0 aromatic rings. The number of amides is 1. The van der Waals surface area contributed by atoms with Crippen molar-refractivity contribution in [1.29, 1.82) is 0 Å². The van der Waals surface area contributed by atoms with Gasteiger partial charge in [-0.25, -0.2) is 0 Å². The summed E-state index contributed by atoms with van der Waals surface area (Å²) >= 11 is 0. The fourth-order valence-corrected chi connectivity index (χ4v) is 11.5. The second-order valence-electron chi connectivity index (χ2n) is 25.6. The standard InChI is InChI=1S/C78H145NO5/c1-3-5-7-9-11-13-15-17-19-20-21-22-30-33-36-39-43-46-50-54-58-62-66-70-76(81)75(74-80)79-77(82)71-67-63-59-55-51-47-44-40-37-34-31-28-26-24-23-25-27-29-32-35-38-41-45-49-53-57-61-65-69-73-84-78(83)72-68-64-60-56-52-48-42-18-16-14-12-10-8-6-4-2/h12,14,18,23,25,29,32,42,66,70,75-76,80-81H,3-11,13,15-17,19-22,24,26-28,30-31,33-41,43-65,67-69,71-74H2,1-2H3,(H,79,82)/b14-12-,25-23-,32-29-,42-18-,70-66+. The van der Waals surface area contributed by atoms with Crippen molar-refractivity contribution in [3.8, 4) is 0 Å². The van der Waals surface area contributed by atoms with Crippen LogP contribution in [0.1, 0.15) is 399 Å². The van der Waals surface area contributed by atoms with Crippen LogP contribution in [0.15, 0.2) is 60.8 Å². The van der Waals surface area contributed by atoms with E-state index in [1.807, 2.05) is 6.08 Å². The summed E-state index contributed by atoms with van der Waals surface area (Å²) in [5, 5.41) is 23.3. The van der Waals surface area contributed by atoms with Crippen LogP contribution in [0.25, 0.3) is 0 Å². The average molecular weight is 1180 g/mol. The highest BCUT2D eigenvalue weighted by atomic mass is 16.5. The maximum Gasteiger partial charge on any atom is 0.305 e. The number of unbranched alkanes of at least 4 members (excludes halogenated alkanes) is 51. The van der Waals surface area contributed by atoms with Gasteiger partial charge in [0.2, 0.25) is 5.91 Å². The molecule has 0 bridgehead atoms. The first-order valence-corrected chi connectivity index (χ1v) is 37.6. The van der Waals surface area contributed by atoms with Crippen LogP contribution in [0.2, 0.25) is 0 Å². The molecule has 0 radical (unpaired) electrons. The van der Waals surface area contributed by atoms with Crippen molar-refractivity contribution in [3.05, 3.63) is 60.8 Å². The summed E-state index contributed by atoms with van der Waals surface area (Å²) in [6.07, 6.45) is 97.4. The Kier molecular flexibility index (Phi) is 70.9. The molecule has 0 rings (SSSR count). The summed E-state index contributed by atoms with van der Waals surface area (Å²) in [6.45, 7) is 4.90. The van der Waals surface area contributed by atoms with Gasteiger partial charge in [0, 0.05) is 12.8 Å². The Bertz CT molecular complexity index is 1450. The van der Waals surface area contributed by atoms with Gasteiger partial charge in [-0.15, -0.1) is 0 Å². The first-order valence-electron chi connectivity index (χ1n) is 37.6. The largest absolute Gasteiger partial charge is 0.466 e. The molecule has 6 nitrogen and oxygen atoms in total. The van der Waals surface area contributed by atoms with Gasteiger partial charge in [0.15, 0.2) is 0 Å². The van der Waals surface area contributed by atoms with Crippen LogP contribution in [0, 0.1) is 0 Å². The van der Waals surface area contributed by atoms with Crippen molar-refractivity contribution in [2.45, 2.75) is 411 Å². The molecular formula is C78H145NO5. The molecular weight excluding hydrogens is 1030 g/mol. The normalized spacial score (nSPS) is 12.9. The van der Waals surface area contributed by atoms with Gasteiger partial charge in [-0.3, -0.25) is 9.59 Å². The Labute approximate surface area is 524 Å². The Hall–Kier alpha value is -2.44. The highest BCUT2D eigenvalue weighted by Gasteiger charge is 2.18. The third-order valence-electron chi connectivity index (χ3n) is 17.3. The van der Waals surface area contributed by atoms with E-state index in [0.29, 0.717) is 19.4 Å². The van der Waals surface area contributed by atoms with E-state index in [2.05, 4.69) is 67.8 Å². The highest BCUT2D eigenvalue weighted by molar-refractivity contribution is 5.76. The summed E-state index contributed by atoms with van der Waals surface area (Å²) in [5.41, 5.74) is 0. The number of hydrogen-bond acceptors (Lipinski definition) is 5. The number of carbonyl (C=O) groups excluding carboxylic acids is 2. The number of hydrogen-bond donors (Lipinski definition) is 3. The number of rotatable bonds is 70. The number of aliphatic hydroxyl groups is 2. The second kappa shape index (κ2) is 73.0. The van der Waals surface area contributed by atoms with Crippen LogP contribution < -0.4 is 5.32 Å². The minimum absolute atomic E-state index is 0.00230. The van der Waals surface area contributed by atoms with Gasteiger partial charge in [0.25, 0.3) is 0 Å². The Morgan fingerprint density at radius 3 is 0.929 bits per heavy atom. The molecule has 0 aromatic heterocycles. The lowest BCUT2D eigenvalue weighted by molar-refractivity contribution is -0.143. The van der Waals surface area contributed by atoms with Crippen LogP contribution in [-0.2, 0) is 14.3 Å². The maximum atomic E-state index is 12.5. The number of ether oxygens (including phenoxy) is 1. The zero-order valence-electron chi connectivity index (χ0n) is 56.4. The van der Waals surface area contributed by atoms with E-state index >= 15 is 0 Å². The first-order chi connectivity index (χ1) is 41.5. The summed E-state index contributed by atoms with van der Waals surface area (Å²) in [6, 6.07) is -0.631. The monoisotopic (exact) mass is 1180 g/mol. The fourth-order valence-electron chi connectivity index (χ4n) is 11.5. The minimum atomic E-state index is -0.848. The summed E-state index contributed by atoms with van der Waals surface area (Å²) < 4.78 is 5.48. The Balaban J connectivity index is 3.44. The topological polar surface area (TPSA) is 95.9 Å². The van der Waals surface area contributed by atoms with Gasteiger partial charge in [-0.05, 0) is 96.3 Å². The molecule has 2 atom stereocenters. The number of nitrogens with one attached hydrogen (secondary N) is 1. The molecule has 0 aromatic carbocycles. The van der Waals surface area contributed by atoms with Crippen molar-refractivity contribution in [1.82, 2.24) is 5.32 Å². The van der Waals surface area contributed by atoms with Crippen LogP contribution >= 0.6 is 0 Å².